The lowest BCUT2D eigenvalue weighted by Crippen LogP contribution is -2.35. The van der Waals surface area contributed by atoms with Crippen LogP contribution in [0.3, 0.4) is 0 Å². The average molecular weight is 422 g/mol. The van der Waals surface area contributed by atoms with Crippen LogP contribution in [-0.4, -0.2) is 63.2 Å². The van der Waals surface area contributed by atoms with Gasteiger partial charge in [0.25, 0.3) is 11.7 Å². The number of hydrogen-bond acceptors (Lipinski definition) is 5. The van der Waals surface area contributed by atoms with Gasteiger partial charge in [0.2, 0.25) is 0 Å². The molecule has 1 atom stereocenters. The van der Waals surface area contributed by atoms with Crippen molar-refractivity contribution in [3.63, 3.8) is 0 Å². The number of aryl methyl sites for hydroxylation is 1. The largest absolute Gasteiger partial charge is 0.505 e. The first kappa shape index (κ1) is 20.7. The van der Waals surface area contributed by atoms with Crippen molar-refractivity contribution < 1.29 is 19.1 Å². The summed E-state index contributed by atoms with van der Waals surface area (Å²) in [5.74, 6) is -2.32. The molecule has 1 amide bonds. The zero-order chi connectivity index (χ0) is 22.3. The summed E-state index contributed by atoms with van der Waals surface area (Å²) in [4.78, 5) is 33.7. The fourth-order valence-corrected chi connectivity index (χ4v) is 3.97. The molecule has 3 heterocycles. The molecule has 7 nitrogen and oxygen atoms in total. The number of aromatic nitrogens is 2. The number of nitrogens with zero attached hydrogens (tertiary/aromatic N) is 4. The second-order valence-electron chi connectivity index (χ2n) is 7.83. The number of hydrogen-bond donors (Lipinski definition) is 1. The van der Waals surface area contributed by atoms with Crippen LogP contribution >= 0.6 is 0 Å². The van der Waals surface area contributed by atoms with Gasteiger partial charge in [0.15, 0.2) is 5.76 Å². The summed E-state index contributed by atoms with van der Waals surface area (Å²) in [6.07, 6.45) is 1.73. The Balaban J connectivity index is 1.93. The number of pyridine rings is 1. The molecular weight excluding hydrogens is 399 g/mol. The molecule has 0 radical (unpaired) electrons. The van der Waals surface area contributed by atoms with Gasteiger partial charge in [-0.05, 0) is 50.8 Å². The molecule has 1 aliphatic heterocycles. The van der Waals surface area contributed by atoms with Gasteiger partial charge in [0.1, 0.15) is 17.2 Å². The third kappa shape index (κ3) is 3.59. The van der Waals surface area contributed by atoms with Gasteiger partial charge in [0.05, 0.1) is 17.3 Å². The van der Waals surface area contributed by atoms with Crippen molar-refractivity contribution in [3.8, 4) is 0 Å². The Labute approximate surface area is 179 Å². The molecule has 1 aliphatic rings. The smallest absolute Gasteiger partial charge is 0.295 e. The minimum atomic E-state index is -0.899. The summed E-state index contributed by atoms with van der Waals surface area (Å²) in [6.45, 7) is 2.48. The molecule has 1 fully saturated rings. The highest BCUT2D eigenvalue weighted by molar-refractivity contribution is 6.46. The number of rotatable bonds is 5. The molecule has 0 saturated carbocycles. The van der Waals surface area contributed by atoms with E-state index in [1.165, 1.54) is 23.1 Å². The summed E-state index contributed by atoms with van der Waals surface area (Å²) in [5.41, 5.74) is 1.81. The number of benzene rings is 1. The van der Waals surface area contributed by atoms with Gasteiger partial charge in [-0.1, -0.05) is 18.2 Å². The summed E-state index contributed by atoms with van der Waals surface area (Å²) in [6, 6.07) is 10.2. The zero-order valence-corrected chi connectivity index (χ0v) is 17.5. The Morgan fingerprint density at radius 2 is 1.97 bits per heavy atom. The van der Waals surface area contributed by atoms with E-state index in [2.05, 4.69) is 4.98 Å². The lowest BCUT2D eigenvalue weighted by molar-refractivity contribution is -0.140. The molecule has 0 aliphatic carbocycles. The fourth-order valence-electron chi connectivity index (χ4n) is 3.97. The first-order valence-electron chi connectivity index (χ1n) is 9.92. The predicted molar refractivity (Wildman–Crippen MR) is 114 cm³/mol. The highest BCUT2D eigenvalue weighted by Crippen LogP contribution is 2.40. The minimum absolute atomic E-state index is 0.0666. The lowest BCUT2D eigenvalue weighted by Gasteiger charge is -2.26. The molecule has 1 saturated heterocycles. The molecule has 160 valence electrons. The molecule has 0 bridgehead atoms. The van der Waals surface area contributed by atoms with Crippen molar-refractivity contribution in [1.29, 1.82) is 0 Å². The highest BCUT2D eigenvalue weighted by Gasteiger charge is 2.46. The van der Waals surface area contributed by atoms with Gasteiger partial charge >= 0.3 is 0 Å². The summed E-state index contributed by atoms with van der Waals surface area (Å²) >= 11 is 0. The Hall–Kier alpha value is -3.52. The van der Waals surface area contributed by atoms with Gasteiger partial charge in [-0.15, -0.1) is 0 Å². The molecule has 4 rings (SSSR count). The van der Waals surface area contributed by atoms with Crippen LogP contribution in [0.5, 0.6) is 0 Å². The average Bonchev–Trinajstić information content (AvgIpc) is 3.19. The van der Waals surface area contributed by atoms with Gasteiger partial charge in [0, 0.05) is 19.3 Å². The maximum absolute atomic E-state index is 14.0. The van der Waals surface area contributed by atoms with E-state index in [1.54, 1.807) is 35.7 Å². The number of likely N-dealkylation sites (tertiary alicyclic amines) is 1. The number of aliphatic hydroxyl groups excluding tert-OH is 1. The zero-order valence-electron chi connectivity index (χ0n) is 17.5. The summed E-state index contributed by atoms with van der Waals surface area (Å²) in [7, 11) is 3.71. The van der Waals surface area contributed by atoms with Crippen molar-refractivity contribution in [2.75, 3.05) is 27.2 Å². The number of ketones is 1. The minimum Gasteiger partial charge on any atom is -0.505 e. The van der Waals surface area contributed by atoms with Crippen LogP contribution in [0.1, 0.15) is 23.0 Å². The highest BCUT2D eigenvalue weighted by atomic mass is 19.1. The molecule has 0 unspecified atom stereocenters. The number of halogens is 1. The van der Waals surface area contributed by atoms with E-state index in [9.17, 15) is 19.1 Å². The van der Waals surface area contributed by atoms with E-state index in [1.807, 2.05) is 25.1 Å². The van der Waals surface area contributed by atoms with Crippen molar-refractivity contribution in [1.82, 2.24) is 19.2 Å². The Morgan fingerprint density at radius 3 is 2.68 bits per heavy atom. The van der Waals surface area contributed by atoms with Gasteiger partial charge in [-0.25, -0.2) is 9.37 Å². The second kappa shape index (κ2) is 7.96. The second-order valence-corrected chi connectivity index (χ2v) is 7.83. The lowest BCUT2D eigenvalue weighted by atomic mass is 9.96. The Kier molecular flexibility index (Phi) is 5.32. The molecule has 31 heavy (non-hydrogen) atoms. The van der Waals surface area contributed by atoms with E-state index in [-0.39, 0.29) is 17.9 Å². The first-order valence-corrected chi connectivity index (χ1v) is 9.92. The van der Waals surface area contributed by atoms with Crippen LogP contribution in [0.25, 0.3) is 11.4 Å². The quantitative estimate of drug-likeness (QED) is 0.389. The summed E-state index contributed by atoms with van der Waals surface area (Å²) < 4.78 is 15.7. The topological polar surface area (TPSA) is 78.1 Å². The van der Waals surface area contributed by atoms with E-state index >= 15 is 0 Å². The predicted octanol–water partition coefficient (Wildman–Crippen LogP) is 2.77. The normalized spacial score (nSPS) is 18.5. The standard InChI is InChI=1S/C23H23FN4O3/c1-14-19(27-10-5-4-9-17(27)25-14)21(29)18-20(15-7-6-8-16(24)13-15)28(12-11-26(2)3)23(31)22(18)30/h4-10,13,20,29H,11-12H2,1-3H3/t20-/m0/s1. The Morgan fingerprint density at radius 1 is 1.19 bits per heavy atom. The number of Topliss-reactive ketones (excluding diaryl/α,β-unsaturated/α-hetero) is 1. The maximum atomic E-state index is 14.0. The maximum Gasteiger partial charge on any atom is 0.295 e. The third-order valence-corrected chi connectivity index (χ3v) is 5.42. The monoisotopic (exact) mass is 422 g/mol. The Bertz CT molecular complexity index is 1210. The van der Waals surface area contributed by atoms with Crippen molar-refractivity contribution in [2.45, 2.75) is 13.0 Å². The fraction of sp³-hybridized carbons (Fsp3) is 0.261. The number of carbonyl (C=O) groups excluding carboxylic acids is 2. The molecule has 3 aromatic rings. The number of imidazole rings is 1. The molecule has 2 aromatic heterocycles. The van der Waals surface area contributed by atoms with Crippen LogP contribution in [0.2, 0.25) is 0 Å². The van der Waals surface area contributed by atoms with Crippen molar-refractivity contribution >= 4 is 23.1 Å². The number of fused-ring (bicyclic) bond motifs is 1. The van der Waals surface area contributed by atoms with Crippen molar-refractivity contribution in [2.24, 2.45) is 0 Å². The number of amides is 1. The van der Waals surface area contributed by atoms with Crippen LogP contribution in [0.4, 0.5) is 4.39 Å². The third-order valence-electron chi connectivity index (χ3n) is 5.42. The van der Waals surface area contributed by atoms with Gasteiger partial charge in [-0.3, -0.25) is 14.0 Å². The van der Waals surface area contributed by atoms with E-state index < -0.39 is 23.5 Å². The van der Waals surface area contributed by atoms with Gasteiger partial charge < -0.3 is 14.9 Å². The number of carbonyl (C=O) groups is 2. The summed E-state index contributed by atoms with van der Waals surface area (Å²) in [5, 5.41) is 11.3. The van der Waals surface area contributed by atoms with Crippen LogP contribution in [-0.2, 0) is 9.59 Å². The van der Waals surface area contributed by atoms with Crippen molar-refractivity contribution in [3.05, 3.63) is 77.0 Å². The molecular formula is C23H23FN4O3. The van der Waals surface area contributed by atoms with E-state index in [0.717, 1.165) is 0 Å². The molecule has 1 aromatic carbocycles. The van der Waals surface area contributed by atoms with Gasteiger partial charge in [-0.2, -0.15) is 0 Å². The molecule has 8 heteroatoms. The first-order chi connectivity index (χ1) is 14.8. The SMILES string of the molecule is Cc1nc2ccccn2c1C(O)=C1C(=O)C(=O)N(CCN(C)C)[C@H]1c1cccc(F)c1. The van der Waals surface area contributed by atoms with Crippen LogP contribution < -0.4 is 0 Å². The van der Waals surface area contributed by atoms with Crippen LogP contribution in [0.15, 0.2) is 54.2 Å². The van der Waals surface area contributed by atoms with Crippen LogP contribution in [0, 0.1) is 12.7 Å². The number of likely N-dealkylation sites (N-methyl/N-ethyl adjacent to an activating group) is 1. The number of aliphatic hydroxyl groups is 1. The van der Waals surface area contributed by atoms with E-state index in [0.29, 0.717) is 29.1 Å². The molecule has 0 spiro atoms. The molecule has 1 N–H and O–H groups in total. The van der Waals surface area contributed by atoms with E-state index in [4.69, 9.17) is 0 Å².